The molecule has 2 aromatic rings. The van der Waals surface area contributed by atoms with Crippen LogP contribution < -0.4 is 9.64 Å². The van der Waals surface area contributed by atoms with E-state index in [0.717, 1.165) is 0 Å². The Hall–Kier alpha value is -2.59. The molecule has 2 amide bonds. The fourth-order valence-electron chi connectivity index (χ4n) is 3.62. The summed E-state index contributed by atoms with van der Waals surface area (Å²) in [7, 11) is 0. The van der Waals surface area contributed by atoms with Crippen LogP contribution in [0.3, 0.4) is 0 Å². The van der Waals surface area contributed by atoms with E-state index in [-0.39, 0.29) is 23.7 Å². The van der Waals surface area contributed by atoms with Crippen LogP contribution in [0.25, 0.3) is 0 Å². The minimum absolute atomic E-state index is 0.139. The quantitative estimate of drug-likeness (QED) is 0.568. The Morgan fingerprint density at radius 1 is 1.04 bits per heavy atom. The summed E-state index contributed by atoms with van der Waals surface area (Å²) >= 11 is 6.34. The van der Waals surface area contributed by atoms with Crippen LogP contribution in [-0.4, -0.2) is 11.8 Å². The van der Waals surface area contributed by atoms with E-state index in [1.165, 1.54) is 10.5 Å². The maximum atomic E-state index is 12.8. The van der Waals surface area contributed by atoms with Crippen molar-refractivity contribution in [1.82, 2.24) is 0 Å². The SMILES string of the molecule is CC1=CC[C@@H]2C(=O)N(c3ccc(Oc4ccccc4)c(Cl)c3)C(=O)[C@@H]2C1. The summed E-state index contributed by atoms with van der Waals surface area (Å²) in [4.78, 5) is 26.8. The van der Waals surface area contributed by atoms with Crippen molar-refractivity contribution in [3.8, 4) is 11.5 Å². The van der Waals surface area contributed by atoms with Crippen LogP contribution in [0.4, 0.5) is 5.69 Å². The predicted octanol–water partition coefficient (Wildman–Crippen LogP) is 4.98. The number of imide groups is 1. The summed E-state index contributed by atoms with van der Waals surface area (Å²) in [6, 6.07) is 14.3. The van der Waals surface area contributed by atoms with Crippen molar-refractivity contribution in [2.75, 3.05) is 4.90 Å². The molecule has 2 atom stereocenters. The van der Waals surface area contributed by atoms with Gasteiger partial charge in [-0.1, -0.05) is 41.4 Å². The average molecular weight is 368 g/mol. The fourth-order valence-corrected chi connectivity index (χ4v) is 3.83. The van der Waals surface area contributed by atoms with E-state index in [9.17, 15) is 9.59 Å². The van der Waals surface area contributed by atoms with Crippen LogP contribution in [0.5, 0.6) is 11.5 Å². The number of halogens is 1. The first kappa shape index (κ1) is 16.9. The molecule has 26 heavy (non-hydrogen) atoms. The number of carbonyl (C=O) groups is 2. The number of nitrogens with zero attached hydrogens (tertiary/aromatic N) is 1. The molecule has 1 fully saturated rings. The highest BCUT2D eigenvalue weighted by molar-refractivity contribution is 6.33. The largest absolute Gasteiger partial charge is 0.456 e. The lowest BCUT2D eigenvalue weighted by molar-refractivity contribution is -0.122. The zero-order chi connectivity index (χ0) is 18.3. The number of hydrogen-bond donors (Lipinski definition) is 0. The molecule has 132 valence electrons. The smallest absolute Gasteiger partial charge is 0.238 e. The lowest BCUT2D eigenvalue weighted by Gasteiger charge is -2.18. The van der Waals surface area contributed by atoms with Gasteiger partial charge in [-0.05, 0) is 50.1 Å². The molecular formula is C21H18ClNO3. The molecule has 1 aliphatic heterocycles. The van der Waals surface area contributed by atoms with Crippen molar-refractivity contribution in [3.05, 3.63) is 65.2 Å². The summed E-state index contributed by atoms with van der Waals surface area (Å²) in [5.74, 6) is 0.354. The van der Waals surface area contributed by atoms with Crippen molar-refractivity contribution >= 4 is 29.1 Å². The second kappa shape index (κ2) is 6.61. The summed E-state index contributed by atoms with van der Waals surface area (Å²) in [5.41, 5.74) is 1.66. The Kier molecular flexibility index (Phi) is 4.29. The maximum Gasteiger partial charge on any atom is 0.238 e. The van der Waals surface area contributed by atoms with Crippen LogP contribution in [-0.2, 0) is 9.59 Å². The second-order valence-electron chi connectivity index (χ2n) is 6.75. The van der Waals surface area contributed by atoms with Gasteiger partial charge in [-0.15, -0.1) is 0 Å². The molecule has 1 heterocycles. The third-order valence-corrected chi connectivity index (χ3v) is 5.26. The summed E-state index contributed by atoms with van der Waals surface area (Å²) in [6.07, 6.45) is 3.33. The van der Waals surface area contributed by atoms with E-state index < -0.39 is 0 Å². The zero-order valence-electron chi connectivity index (χ0n) is 14.3. The third-order valence-electron chi connectivity index (χ3n) is 4.97. The molecule has 0 aromatic heterocycles. The van der Waals surface area contributed by atoms with Gasteiger partial charge in [0.2, 0.25) is 11.8 Å². The molecule has 1 saturated heterocycles. The first-order valence-corrected chi connectivity index (χ1v) is 8.98. The molecule has 0 unspecified atom stereocenters. The van der Waals surface area contributed by atoms with Crippen LogP contribution in [0.1, 0.15) is 19.8 Å². The zero-order valence-corrected chi connectivity index (χ0v) is 15.1. The van der Waals surface area contributed by atoms with E-state index in [4.69, 9.17) is 16.3 Å². The number of amides is 2. The first-order valence-electron chi connectivity index (χ1n) is 8.60. The molecule has 2 aliphatic rings. The average Bonchev–Trinajstić information content (AvgIpc) is 2.88. The Bertz CT molecular complexity index is 907. The number of para-hydroxylation sites is 1. The second-order valence-corrected chi connectivity index (χ2v) is 7.15. The van der Waals surface area contributed by atoms with E-state index in [1.54, 1.807) is 18.2 Å². The molecule has 2 aromatic carbocycles. The molecule has 0 saturated carbocycles. The van der Waals surface area contributed by atoms with Gasteiger partial charge < -0.3 is 4.74 Å². The maximum absolute atomic E-state index is 12.8. The van der Waals surface area contributed by atoms with Gasteiger partial charge >= 0.3 is 0 Å². The van der Waals surface area contributed by atoms with Gasteiger partial charge in [0.15, 0.2) is 0 Å². The Morgan fingerprint density at radius 3 is 2.50 bits per heavy atom. The topological polar surface area (TPSA) is 46.6 Å². The summed E-state index contributed by atoms with van der Waals surface area (Å²) < 4.78 is 5.76. The molecule has 4 nitrogen and oxygen atoms in total. The van der Waals surface area contributed by atoms with Gasteiger partial charge in [-0.3, -0.25) is 9.59 Å². The summed E-state index contributed by atoms with van der Waals surface area (Å²) in [6.45, 7) is 2.00. The molecule has 5 heteroatoms. The molecule has 1 aliphatic carbocycles. The number of rotatable bonds is 3. The Balaban J connectivity index is 1.60. The van der Waals surface area contributed by atoms with Crippen molar-refractivity contribution in [2.45, 2.75) is 19.8 Å². The number of allylic oxidation sites excluding steroid dienone is 2. The molecule has 0 N–H and O–H groups in total. The molecule has 0 radical (unpaired) electrons. The fraction of sp³-hybridized carbons (Fsp3) is 0.238. The number of fused-ring (bicyclic) bond motifs is 1. The van der Waals surface area contributed by atoms with Gasteiger partial charge in [0.1, 0.15) is 11.5 Å². The van der Waals surface area contributed by atoms with Gasteiger partial charge in [-0.25, -0.2) is 4.90 Å². The molecular weight excluding hydrogens is 350 g/mol. The van der Waals surface area contributed by atoms with Crippen LogP contribution in [0, 0.1) is 11.8 Å². The van der Waals surface area contributed by atoms with Crippen LogP contribution >= 0.6 is 11.6 Å². The van der Waals surface area contributed by atoms with Gasteiger partial charge in [-0.2, -0.15) is 0 Å². The molecule has 0 spiro atoms. The molecule has 4 rings (SSSR count). The number of ether oxygens (including phenoxy) is 1. The van der Waals surface area contributed by atoms with Gasteiger partial charge in [0, 0.05) is 0 Å². The van der Waals surface area contributed by atoms with E-state index in [0.29, 0.717) is 35.1 Å². The number of anilines is 1. The van der Waals surface area contributed by atoms with Crippen LogP contribution in [0.2, 0.25) is 5.02 Å². The third kappa shape index (κ3) is 2.90. The normalized spacial score (nSPS) is 22.2. The first-order chi connectivity index (χ1) is 12.5. The lowest BCUT2D eigenvalue weighted by atomic mass is 9.82. The minimum atomic E-state index is -0.259. The van der Waals surface area contributed by atoms with Crippen molar-refractivity contribution in [2.24, 2.45) is 11.8 Å². The number of hydrogen-bond acceptors (Lipinski definition) is 3. The monoisotopic (exact) mass is 367 g/mol. The lowest BCUT2D eigenvalue weighted by Crippen LogP contribution is -2.30. The van der Waals surface area contributed by atoms with Crippen molar-refractivity contribution < 1.29 is 14.3 Å². The number of benzene rings is 2. The minimum Gasteiger partial charge on any atom is -0.456 e. The van der Waals surface area contributed by atoms with Gasteiger partial charge in [0.25, 0.3) is 0 Å². The highest BCUT2D eigenvalue weighted by atomic mass is 35.5. The summed E-state index contributed by atoms with van der Waals surface area (Å²) in [5, 5.41) is 0.358. The molecule has 0 bridgehead atoms. The standard InChI is InChI=1S/C21H18ClNO3/c1-13-7-9-16-17(11-13)21(25)23(20(16)24)14-8-10-19(18(22)12-14)26-15-5-3-2-4-6-15/h2-8,10,12,16-17H,9,11H2,1H3/t16-,17+/m0/s1. The Labute approximate surface area is 157 Å². The van der Waals surface area contributed by atoms with E-state index >= 15 is 0 Å². The van der Waals surface area contributed by atoms with Crippen LogP contribution in [0.15, 0.2) is 60.2 Å². The Morgan fingerprint density at radius 2 is 1.77 bits per heavy atom. The van der Waals surface area contributed by atoms with Crippen molar-refractivity contribution in [1.29, 1.82) is 0 Å². The van der Waals surface area contributed by atoms with E-state index in [2.05, 4.69) is 6.08 Å². The number of carbonyl (C=O) groups excluding carboxylic acids is 2. The predicted molar refractivity (Wildman–Crippen MR) is 100 cm³/mol. The highest BCUT2D eigenvalue weighted by Gasteiger charge is 2.48. The van der Waals surface area contributed by atoms with Gasteiger partial charge in [0.05, 0.1) is 22.5 Å². The highest BCUT2D eigenvalue weighted by Crippen LogP contribution is 2.41. The van der Waals surface area contributed by atoms with Crippen molar-refractivity contribution in [3.63, 3.8) is 0 Å². The van der Waals surface area contributed by atoms with E-state index in [1.807, 2.05) is 37.3 Å².